The van der Waals surface area contributed by atoms with Crippen LogP contribution in [0.3, 0.4) is 0 Å². The van der Waals surface area contributed by atoms with Gasteiger partial charge in [-0.1, -0.05) is 12.1 Å². The number of anilines is 1. The van der Waals surface area contributed by atoms with Crippen molar-refractivity contribution in [2.75, 3.05) is 12.4 Å². The summed E-state index contributed by atoms with van der Waals surface area (Å²) in [6.07, 6.45) is 0. The fraction of sp³-hybridized carbons (Fsp3) is 0.154. The molecule has 2 heterocycles. The van der Waals surface area contributed by atoms with E-state index in [1.165, 1.54) is 11.8 Å². The Balaban J connectivity index is 1.94. The van der Waals surface area contributed by atoms with Gasteiger partial charge in [0.2, 0.25) is 0 Å². The molecule has 1 aromatic carbocycles. The minimum atomic E-state index is 0.741. The molecule has 2 N–H and O–H groups in total. The van der Waals surface area contributed by atoms with Gasteiger partial charge < -0.3 is 10.3 Å². The Bertz CT molecular complexity index is 689. The van der Waals surface area contributed by atoms with E-state index in [4.69, 9.17) is 0 Å². The number of fused-ring (bicyclic) bond motifs is 1. The molecule has 6 heteroatoms. The Kier molecular flexibility index (Phi) is 3.08. The van der Waals surface area contributed by atoms with Gasteiger partial charge in [0.15, 0.2) is 5.16 Å². The molecule has 0 saturated carbocycles. The third kappa shape index (κ3) is 2.53. The Morgan fingerprint density at radius 3 is 2.79 bits per heavy atom. The Morgan fingerprint density at radius 2 is 2.00 bits per heavy atom. The van der Waals surface area contributed by atoms with Crippen molar-refractivity contribution >= 4 is 28.6 Å². The van der Waals surface area contributed by atoms with Crippen molar-refractivity contribution in [3.8, 4) is 0 Å². The summed E-state index contributed by atoms with van der Waals surface area (Å²) in [6, 6.07) is 9.87. The molecule has 0 radical (unpaired) electrons. The van der Waals surface area contributed by atoms with Crippen LogP contribution in [-0.2, 0) is 0 Å². The van der Waals surface area contributed by atoms with E-state index in [-0.39, 0.29) is 0 Å². The maximum absolute atomic E-state index is 4.52. The van der Waals surface area contributed by atoms with Crippen molar-refractivity contribution in [1.82, 2.24) is 19.9 Å². The maximum atomic E-state index is 4.52. The molecule has 0 atom stereocenters. The zero-order chi connectivity index (χ0) is 13.2. The van der Waals surface area contributed by atoms with Crippen molar-refractivity contribution in [2.24, 2.45) is 0 Å². The summed E-state index contributed by atoms with van der Waals surface area (Å²) in [5, 5.41) is 4.73. The molecule has 0 aliphatic heterocycles. The number of nitrogens with zero attached hydrogens (tertiary/aromatic N) is 3. The van der Waals surface area contributed by atoms with Crippen LogP contribution in [0.2, 0.25) is 0 Å². The molecule has 0 spiro atoms. The Labute approximate surface area is 114 Å². The average molecular weight is 271 g/mol. The van der Waals surface area contributed by atoms with Crippen LogP contribution < -0.4 is 5.32 Å². The molecule has 2 aromatic heterocycles. The molecule has 3 aromatic rings. The number of hydrogen-bond donors (Lipinski definition) is 2. The highest BCUT2D eigenvalue weighted by Gasteiger charge is 2.07. The summed E-state index contributed by atoms with van der Waals surface area (Å²) < 4.78 is 0. The lowest BCUT2D eigenvalue weighted by atomic mass is 10.3. The van der Waals surface area contributed by atoms with Crippen LogP contribution in [0.25, 0.3) is 11.0 Å². The van der Waals surface area contributed by atoms with Crippen LogP contribution >= 0.6 is 11.8 Å². The molecular formula is C13H13N5S. The molecule has 96 valence electrons. The number of para-hydroxylation sites is 2. The van der Waals surface area contributed by atoms with Crippen molar-refractivity contribution in [2.45, 2.75) is 17.1 Å². The molecule has 0 saturated heterocycles. The van der Waals surface area contributed by atoms with Gasteiger partial charge in [0.1, 0.15) is 16.7 Å². The minimum absolute atomic E-state index is 0.741. The standard InChI is InChI=1S/C13H13N5S/c1-8-15-11(14-2)7-12(16-8)19-13-17-9-5-3-4-6-10(9)18-13/h3-7H,1-2H3,(H,17,18)(H,14,15,16). The number of H-pyrrole nitrogens is 1. The highest BCUT2D eigenvalue weighted by atomic mass is 32.2. The molecule has 0 aliphatic rings. The van der Waals surface area contributed by atoms with Gasteiger partial charge in [-0.3, -0.25) is 0 Å². The van der Waals surface area contributed by atoms with Crippen LogP contribution in [0.5, 0.6) is 0 Å². The second kappa shape index (κ2) is 4.89. The number of aryl methyl sites for hydroxylation is 1. The molecule has 0 bridgehead atoms. The molecular weight excluding hydrogens is 258 g/mol. The molecule has 0 aliphatic carbocycles. The van der Waals surface area contributed by atoms with Gasteiger partial charge in [-0.2, -0.15) is 0 Å². The van der Waals surface area contributed by atoms with Crippen molar-refractivity contribution in [1.29, 1.82) is 0 Å². The Hall–Kier alpha value is -2.08. The van der Waals surface area contributed by atoms with Gasteiger partial charge in [-0.15, -0.1) is 0 Å². The first-order valence-corrected chi connectivity index (χ1v) is 6.72. The van der Waals surface area contributed by atoms with Gasteiger partial charge in [0.25, 0.3) is 0 Å². The smallest absolute Gasteiger partial charge is 0.172 e. The van der Waals surface area contributed by atoms with Crippen LogP contribution in [0.1, 0.15) is 5.82 Å². The second-order valence-electron chi connectivity index (χ2n) is 4.05. The third-order valence-electron chi connectivity index (χ3n) is 2.64. The minimum Gasteiger partial charge on any atom is -0.373 e. The van der Waals surface area contributed by atoms with E-state index in [0.717, 1.165) is 32.9 Å². The predicted octanol–water partition coefficient (Wildman–Crippen LogP) is 2.85. The van der Waals surface area contributed by atoms with E-state index < -0.39 is 0 Å². The Morgan fingerprint density at radius 1 is 1.16 bits per heavy atom. The van der Waals surface area contributed by atoms with Crippen LogP contribution in [0.15, 0.2) is 40.5 Å². The fourth-order valence-electron chi connectivity index (χ4n) is 1.80. The zero-order valence-electron chi connectivity index (χ0n) is 10.6. The quantitative estimate of drug-likeness (QED) is 0.717. The lowest BCUT2D eigenvalue weighted by molar-refractivity contribution is 0.961. The number of nitrogens with one attached hydrogen (secondary N) is 2. The lowest BCUT2D eigenvalue weighted by Crippen LogP contribution is -1.97. The highest BCUT2D eigenvalue weighted by Crippen LogP contribution is 2.26. The van der Waals surface area contributed by atoms with Crippen molar-refractivity contribution in [3.05, 3.63) is 36.2 Å². The first-order valence-electron chi connectivity index (χ1n) is 5.90. The predicted molar refractivity (Wildman–Crippen MR) is 76.5 cm³/mol. The number of imidazole rings is 1. The monoisotopic (exact) mass is 271 g/mol. The van der Waals surface area contributed by atoms with Gasteiger partial charge >= 0.3 is 0 Å². The van der Waals surface area contributed by atoms with E-state index in [1.54, 1.807) is 0 Å². The summed E-state index contributed by atoms with van der Waals surface area (Å²) in [7, 11) is 1.84. The van der Waals surface area contributed by atoms with Crippen molar-refractivity contribution < 1.29 is 0 Å². The van der Waals surface area contributed by atoms with E-state index >= 15 is 0 Å². The first-order chi connectivity index (χ1) is 9.24. The van der Waals surface area contributed by atoms with E-state index in [9.17, 15) is 0 Å². The second-order valence-corrected chi connectivity index (χ2v) is 5.06. The lowest BCUT2D eigenvalue weighted by Gasteiger charge is -2.03. The SMILES string of the molecule is CNc1cc(Sc2nc3ccccc3[nH]2)nc(C)n1. The van der Waals surface area contributed by atoms with Crippen LogP contribution in [0, 0.1) is 6.92 Å². The topological polar surface area (TPSA) is 66.5 Å². The molecule has 5 nitrogen and oxygen atoms in total. The van der Waals surface area contributed by atoms with E-state index in [1.807, 2.05) is 44.3 Å². The molecule has 0 unspecified atom stereocenters. The molecule has 0 amide bonds. The summed E-state index contributed by atoms with van der Waals surface area (Å²) in [5.41, 5.74) is 1.99. The van der Waals surface area contributed by atoms with Crippen molar-refractivity contribution in [3.63, 3.8) is 0 Å². The van der Waals surface area contributed by atoms with E-state index in [0.29, 0.717) is 0 Å². The number of rotatable bonds is 3. The van der Waals surface area contributed by atoms with E-state index in [2.05, 4.69) is 25.3 Å². The molecule has 19 heavy (non-hydrogen) atoms. The summed E-state index contributed by atoms with van der Waals surface area (Å²) >= 11 is 1.50. The van der Waals surface area contributed by atoms with Gasteiger partial charge in [0.05, 0.1) is 11.0 Å². The van der Waals surface area contributed by atoms with Gasteiger partial charge in [0, 0.05) is 13.1 Å². The zero-order valence-corrected chi connectivity index (χ0v) is 11.5. The molecule has 0 fully saturated rings. The summed E-state index contributed by atoms with van der Waals surface area (Å²) in [5.74, 6) is 1.55. The average Bonchev–Trinajstić information content (AvgIpc) is 2.80. The maximum Gasteiger partial charge on any atom is 0.172 e. The number of hydrogen-bond acceptors (Lipinski definition) is 5. The third-order valence-corrected chi connectivity index (χ3v) is 3.44. The number of aromatic nitrogens is 4. The number of benzene rings is 1. The van der Waals surface area contributed by atoms with Crippen LogP contribution in [0.4, 0.5) is 5.82 Å². The highest BCUT2D eigenvalue weighted by molar-refractivity contribution is 7.99. The summed E-state index contributed by atoms with van der Waals surface area (Å²) in [6.45, 7) is 1.88. The van der Waals surface area contributed by atoms with Crippen LogP contribution in [-0.4, -0.2) is 27.0 Å². The van der Waals surface area contributed by atoms with Gasteiger partial charge in [-0.25, -0.2) is 15.0 Å². The van der Waals surface area contributed by atoms with Gasteiger partial charge in [-0.05, 0) is 30.8 Å². The summed E-state index contributed by atoms with van der Waals surface area (Å²) in [4.78, 5) is 16.5. The first kappa shape index (κ1) is 12.0. The fourth-order valence-corrected chi connectivity index (χ4v) is 2.65. The largest absolute Gasteiger partial charge is 0.373 e. The number of aromatic amines is 1. The normalized spacial score (nSPS) is 10.8. The molecule has 3 rings (SSSR count).